The van der Waals surface area contributed by atoms with Crippen LogP contribution in [0.15, 0.2) is 47.8 Å². The van der Waals surface area contributed by atoms with Gasteiger partial charge in [-0.05, 0) is 60.0 Å². The van der Waals surface area contributed by atoms with Crippen LogP contribution in [0.3, 0.4) is 0 Å². The van der Waals surface area contributed by atoms with Crippen molar-refractivity contribution in [3.63, 3.8) is 0 Å². The average molecular weight is 452 g/mol. The maximum atomic E-state index is 5.55. The first-order chi connectivity index (χ1) is 15.8. The van der Waals surface area contributed by atoms with E-state index in [1.807, 2.05) is 17.4 Å². The molecular formula is C26H33N3O2S. The van der Waals surface area contributed by atoms with Gasteiger partial charge in [-0.25, -0.2) is 0 Å². The minimum absolute atomic E-state index is 0.834. The second kappa shape index (κ2) is 10.1. The van der Waals surface area contributed by atoms with E-state index in [-0.39, 0.29) is 0 Å². The van der Waals surface area contributed by atoms with Crippen molar-refractivity contribution < 1.29 is 9.47 Å². The van der Waals surface area contributed by atoms with E-state index in [1.54, 1.807) is 7.11 Å². The molecule has 0 aliphatic carbocycles. The van der Waals surface area contributed by atoms with Crippen molar-refractivity contribution in [2.45, 2.75) is 12.8 Å². The molecule has 0 bridgehead atoms. The van der Waals surface area contributed by atoms with Crippen LogP contribution in [0.2, 0.25) is 0 Å². The van der Waals surface area contributed by atoms with E-state index in [1.165, 1.54) is 40.0 Å². The first-order valence-electron chi connectivity index (χ1n) is 11.7. The van der Waals surface area contributed by atoms with E-state index >= 15 is 0 Å². The predicted octanol–water partition coefficient (Wildman–Crippen LogP) is 4.50. The molecule has 0 spiro atoms. The highest BCUT2D eigenvalue weighted by molar-refractivity contribution is 7.17. The Kier molecular flexibility index (Phi) is 6.81. The van der Waals surface area contributed by atoms with Gasteiger partial charge in [0.1, 0.15) is 5.75 Å². The fraction of sp³-hybridized carbons (Fsp3) is 0.462. The van der Waals surface area contributed by atoms with Crippen LogP contribution >= 0.6 is 11.3 Å². The summed E-state index contributed by atoms with van der Waals surface area (Å²) in [5.41, 5.74) is 4.06. The van der Waals surface area contributed by atoms with E-state index in [4.69, 9.17) is 9.47 Å². The number of benzene rings is 2. The fourth-order valence-electron chi connectivity index (χ4n) is 4.88. The highest BCUT2D eigenvalue weighted by atomic mass is 32.1. The number of hydrogen-bond acceptors (Lipinski definition) is 6. The normalized spacial score (nSPS) is 17.8. The van der Waals surface area contributed by atoms with Gasteiger partial charge in [0, 0.05) is 49.7 Å². The second-order valence-electron chi connectivity index (χ2n) is 8.64. The third kappa shape index (κ3) is 4.72. The number of hydrogen-bond donors (Lipinski definition) is 0. The molecule has 2 saturated heterocycles. The number of nitrogens with zero attached hydrogens (tertiary/aromatic N) is 3. The number of thiophene rings is 1. The van der Waals surface area contributed by atoms with Crippen LogP contribution < -0.4 is 14.5 Å². The van der Waals surface area contributed by atoms with Gasteiger partial charge in [0.05, 0.1) is 26.0 Å². The van der Waals surface area contributed by atoms with Gasteiger partial charge in [0.15, 0.2) is 0 Å². The summed E-state index contributed by atoms with van der Waals surface area (Å²) in [6.07, 6.45) is 2.37. The number of methoxy groups -OCH3 is 1. The van der Waals surface area contributed by atoms with Gasteiger partial charge in [-0.3, -0.25) is 4.90 Å². The van der Waals surface area contributed by atoms with Crippen molar-refractivity contribution >= 4 is 32.8 Å². The molecule has 0 unspecified atom stereocenters. The lowest BCUT2D eigenvalue weighted by molar-refractivity contribution is 0.122. The molecule has 32 heavy (non-hydrogen) atoms. The molecule has 1 aromatic heterocycles. The quantitative estimate of drug-likeness (QED) is 0.527. The third-order valence-corrected chi connectivity index (χ3v) is 7.73. The molecule has 0 N–H and O–H groups in total. The largest absolute Gasteiger partial charge is 0.495 e. The van der Waals surface area contributed by atoms with Crippen LogP contribution in [-0.4, -0.2) is 71.0 Å². The maximum absolute atomic E-state index is 5.55. The molecule has 0 atom stereocenters. The molecule has 6 heteroatoms. The van der Waals surface area contributed by atoms with Crippen LogP contribution in [0, 0.1) is 0 Å². The summed E-state index contributed by atoms with van der Waals surface area (Å²) in [5, 5.41) is 3.81. The van der Waals surface area contributed by atoms with Crippen molar-refractivity contribution in [1.82, 2.24) is 4.90 Å². The van der Waals surface area contributed by atoms with Gasteiger partial charge >= 0.3 is 0 Å². The molecule has 0 amide bonds. The van der Waals surface area contributed by atoms with Crippen molar-refractivity contribution in [2.24, 2.45) is 0 Å². The van der Waals surface area contributed by atoms with Crippen LogP contribution in [0.25, 0.3) is 10.1 Å². The fourth-order valence-corrected chi connectivity index (χ4v) is 5.91. The maximum Gasteiger partial charge on any atom is 0.142 e. The molecule has 2 fully saturated rings. The number of rotatable bonds is 7. The Hall–Kier alpha value is -2.28. The summed E-state index contributed by atoms with van der Waals surface area (Å²) in [4.78, 5) is 7.50. The number of morpholine rings is 1. The van der Waals surface area contributed by atoms with Crippen molar-refractivity contribution in [1.29, 1.82) is 0 Å². The minimum atomic E-state index is 0.834. The van der Waals surface area contributed by atoms with Gasteiger partial charge in [0.25, 0.3) is 0 Å². The summed E-state index contributed by atoms with van der Waals surface area (Å²) in [6, 6.07) is 15.3. The number of aryl methyl sites for hydroxylation is 1. The number of piperazine rings is 1. The van der Waals surface area contributed by atoms with E-state index < -0.39 is 0 Å². The average Bonchev–Trinajstić information content (AvgIpc) is 3.27. The van der Waals surface area contributed by atoms with Crippen molar-refractivity contribution in [3.8, 4) is 5.75 Å². The van der Waals surface area contributed by atoms with Gasteiger partial charge < -0.3 is 19.3 Å². The molecule has 3 heterocycles. The Balaban J connectivity index is 1.13. The smallest absolute Gasteiger partial charge is 0.142 e. The first kappa shape index (κ1) is 21.6. The summed E-state index contributed by atoms with van der Waals surface area (Å²) in [7, 11) is 1.76. The lowest BCUT2D eigenvalue weighted by Crippen LogP contribution is -2.46. The monoisotopic (exact) mass is 451 g/mol. The zero-order valence-electron chi connectivity index (χ0n) is 19.0. The van der Waals surface area contributed by atoms with Crippen LogP contribution in [0.4, 0.5) is 11.4 Å². The van der Waals surface area contributed by atoms with E-state index in [9.17, 15) is 0 Å². The standard InChI is InChI=1S/C26H33N3O2S/c1-30-25-7-3-2-6-24(25)29-13-11-27(12-14-29)10-4-5-21-20-32-26-19-22(8-9-23(21)26)28-15-17-31-18-16-28/h2-3,6-9,19-20H,4-5,10-18H2,1H3. The Bertz CT molecular complexity index is 1020. The van der Waals surface area contributed by atoms with Gasteiger partial charge in [-0.2, -0.15) is 0 Å². The highest BCUT2D eigenvalue weighted by Crippen LogP contribution is 2.31. The van der Waals surface area contributed by atoms with Crippen molar-refractivity contribution in [3.05, 3.63) is 53.4 Å². The topological polar surface area (TPSA) is 28.2 Å². The molecule has 0 radical (unpaired) electrons. The molecule has 170 valence electrons. The molecule has 2 aromatic carbocycles. The van der Waals surface area contributed by atoms with Crippen LogP contribution in [0.1, 0.15) is 12.0 Å². The lowest BCUT2D eigenvalue weighted by atomic mass is 10.1. The lowest BCUT2D eigenvalue weighted by Gasteiger charge is -2.36. The Morgan fingerprint density at radius 1 is 0.938 bits per heavy atom. The predicted molar refractivity (Wildman–Crippen MR) is 135 cm³/mol. The molecule has 2 aliphatic heterocycles. The van der Waals surface area contributed by atoms with Crippen molar-refractivity contribution in [2.75, 3.05) is 75.9 Å². The number of ether oxygens (including phenoxy) is 2. The summed E-state index contributed by atoms with van der Waals surface area (Å²) < 4.78 is 12.5. The Morgan fingerprint density at radius 2 is 1.75 bits per heavy atom. The van der Waals surface area contributed by atoms with Gasteiger partial charge in [-0.15, -0.1) is 11.3 Å². The Labute approximate surface area is 195 Å². The first-order valence-corrected chi connectivity index (χ1v) is 12.6. The molecule has 2 aliphatic rings. The molecule has 5 nitrogen and oxygen atoms in total. The number of para-hydroxylation sites is 2. The molecular weight excluding hydrogens is 418 g/mol. The number of anilines is 2. The summed E-state index contributed by atoms with van der Waals surface area (Å²) in [6.45, 7) is 9.18. The molecule has 0 saturated carbocycles. The minimum Gasteiger partial charge on any atom is -0.495 e. The van der Waals surface area contributed by atoms with Crippen LogP contribution in [-0.2, 0) is 11.2 Å². The Morgan fingerprint density at radius 3 is 2.56 bits per heavy atom. The SMILES string of the molecule is COc1ccccc1N1CCN(CCCc2csc3cc(N4CCOCC4)ccc23)CC1. The zero-order valence-corrected chi connectivity index (χ0v) is 19.8. The van der Waals surface area contributed by atoms with E-state index in [0.717, 1.165) is 64.7 Å². The van der Waals surface area contributed by atoms with E-state index in [0.29, 0.717) is 0 Å². The van der Waals surface area contributed by atoms with Gasteiger partial charge in [-0.1, -0.05) is 18.2 Å². The molecule has 5 rings (SSSR count). The second-order valence-corrected chi connectivity index (χ2v) is 9.56. The third-order valence-electron chi connectivity index (χ3n) is 6.73. The molecule has 3 aromatic rings. The van der Waals surface area contributed by atoms with E-state index in [2.05, 4.69) is 56.5 Å². The zero-order chi connectivity index (χ0) is 21.8. The summed E-state index contributed by atoms with van der Waals surface area (Å²) >= 11 is 1.89. The van der Waals surface area contributed by atoms with Gasteiger partial charge in [0.2, 0.25) is 0 Å². The van der Waals surface area contributed by atoms with Crippen LogP contribution in [0.5, 0.6) is 5.75 Å². The number of fused-ring (bicyclic) bond motifs is 1. The summed E-state index contributed by atoms with van der Waals surface area (Å²) in [5.74, 6) is 0.974. The highest BCUT2D eigenvalue weighted by Gasteiger charge is 2.19.